The van der Waals surface area contributed by atoms with E-state index in [4.69, 9.17) is 0 Å². The number of anilines is 1. The summed E-state index contributed by atoms with van der Waals surface area (Å²) in [5, 5.41) is 2.90. The highest BCUT2D eigenvalue weighted by Crippen LogP contribution is 2.24. The van der Waals surface area contributed by atoms with Crippen molar-refractivity contribution in [2.75, 3.05) is 31.2 Å². The van der Waals surface area contributed by atoms with Crippen molar-refractivity contribution >= 4 is 23.5 Å². The number of likely N-dealkylation sites (tertiary alicyclic amines) is 1. The molecule has 0 bridgehead atoms. The molecule has 0 aromatic heterocycles. The summed E-state index contributed by atoms with van der Waals surface area (Å²) in [4.78, 5) is 13.7. The van der Waals surface area contributed by atoms with Gasteiger partial charge in [0.25, 0.3) is 5.91 Å². The molecule has 4 nitrogen and oxygen atoms in total. The first-order valence-electron chi connectivity index (χ1n) is 10.2. The van der Waals surface area contributed by atoms with E-state index in [1.807, 2.05) is 11.9 Å². The minimum absolute atomic E-state index is 0.161. The van der Waals surface area contributed by atoms with E-state index in [1.165, 1.54) is 37.5 Å². The number of nitrogens with zero attached hydrogens (tertiary/aromatic N) is 1. The van der Waals surface area contributed by atoms with Crippen LogP contribution in [0.2, 0.25) is 0 Å². The van der Waals surface area contributed by atoms with Gasteiger partial charge in [-0.25, -0.2) is 4.39 Å². The first-order valence-corrected chi connectivity index (χ1v) is 11.2. The van der Waals surface area contributed by atoms with E-state index in [0.717, 1.165) is 43.6 Å². The fraction of sp³-hybridized carbons (Fsp3) is 0.667. The number of carbonyl (C=O) groups is 1. The molecule has 1 aliphatic carbocycles. The van der Waals surface area contributed by atoms with E-state index in [1.54, 1.807) is 24.1 Å². The first-order chi connectivity index (χ1) is 13.0. The van der Waals surface area contributed by atoms with Crippen molar-refractivity contribution in [2.45, 2.75) is 58.4 Å². The number of nitrogens with one attached hydrogen (secondary N) is 2. The summed E-state index contributed by atoms with van der Waals surface area (Å²) in [6.45, 7) is 6.04. The summed E-state index contributed by atoms with van der Waals surface area (Å²) < 4.78 is 17.0. The van der Waals surface area contributed by atoms with E-state index < -0.39 is 5.82 Å². The quantitative estimate of drug-likeness (QED) is 0.694. The van der Waals surface area contributed by atoms with Gasteiger partial charge in [-0.05, 0) is 62.6 Å². The van der Waals surface area contributed by atoms with Gasteiger partial charge in [0.05, 0.1) is 5.56 Å². The number of benzene rings is 1. The van der Waals surface area contributed by atoms with Gasteiger partial charge in [-0.2, -0.15) is 0 Å². The fourth-order valence-corrected chi connectivity index (χ4v) is 4.15. The zero-order chi connectivity index (χ0) is 19.6. The van der Waals surface area contributed by atoms with Crippen molar-refractivity contribution in [3.63, 3.8) is 0 Å². The van der Waals surface area contributed by atoms with Gasteiger partial charge in [0.15, 0.2) is 0 Å². The minimum atomic E-state index is -0.448. The highest BCUT2D eigenvalue weighted by molar-refractivity contribution is 7.97. The lowest BCUT2D eigenvalue weighted by Crippen LogP contribution is -2.28. The lowest BCUT2D eigenvalue weighted by Gasteiger charge is -2.26. The Morgan fingerprint density at radius 1 is 1.22 bits per heavy atom. The second kappa shape index (κ2) is 11.5. The van der Waals surface area contributed by atoms with Crippen LogP contribution < -0.4 is 10.0 Å². The number of amides is 1. The SMILES string of the molecule is CCSNC1CCC(C)CC1.CNc1ccc(F)c(C(=O)N2CCCC2)c1. The Balaban J connectivity index is 0.000000208. The molecule has 1 aliphatic heterocycles. The standard InChI is InChI=1S/C12H15FN2O.C9H19NS/c1-14-9-4-5-11(13)10(8-9)12(16)15-6-2-3-7-15;1-3-11-10-9-6-4-8(2)5-7-9/h4-5,8,14H,2-3,6-7H2,1H3;8-10H,3-7H2,1-2H3. The average Bonchev–Trinajstić information content (AvgIpc) is 3.23. The van der Waals surface area contributed by atoms with Crippen LogP contribution in [-0.2, 0) is 0 Å². The van der Waals surface area contributed by atoms with Crippen molar-refractivity contribution in [2.24, 2.45) is 5.92 Å². The molecular weight excluding hydrogens is 361 g/mol. The number of halogens is 1. The summed E-state index contributed by atoms with van der Waals surface area (Å²) in [6.07, 6.45) is 7.63. The number of hydrogen-bond donors (Lipinski definition) is 2. The minimum Gasteiger partial charge on any atom is -0.388 e. The topological polar surface area (TPSA) is 44.4 Å². The van der Waals surface area contributed by atoms with Gasteiger partial charge in [-0.15, -0.1) is 0 Å². The van der Waals surface area contributed by atoms with Gasteiger partial charge in [0, 0.05) is 37.6 Å². The highest BCUT2D eigenvalue weighted by atomic mass is 32.2. The molecule has 1 aromatic carbocycles. The molecule has 3 rings (SSSR count). The Bertz CT molecular complexity index is 582. The molecule has 152 valence electrons. The summed E-state index contributed by atoms with van der Waals surface area (Å²) >= 11 is 1.87. The Morgan fingerprint density at radius 3 is 2.48 bits per heavy atom. The number of hydrogen-bond acceptors (Lipinski definition) is 4. The molecule has 0 unspecified atom stereocenters. The molecule has 1 amide bonds. The zero-order valence-corrected chi connectivity index (χ0v) is 17.7. The van der Waals surface area contributed by atoms with Gasteiger partial charge in [0.1, 0.15) is 5.82 Å². The van der Waals surface area contributed by atoms with Crippen molar-refractivity contribution in [3.8, 4) is 0 Å². The maximum Gasteiger partial charge on any atom is 0.256 e. The molecule has 2 fully saturated rings. The van der Waals surface area contributed by atoms with Crippen molar-refractivity contribution in [3.05, 3.63) is 29.6 Å². The van der Waals surface area contributed by atoms with Gasteiger partial charge in [-0.3, -0.25) is 9.52 Å². The van der Waals surface area contributed by atoms with Gasteiger partial charge in [0.2, 0.25) is 0 Å². The molecule has 27 heavy (non-hydrogen) atoms. The largest absolute Gasteiger partial charge is 0.388 e. The smallest absolute Gasteiger partial charge is 0.256 e. The first kappa shape index (κ1) is 22.0. The molecule has 1 saturated carbocycles. The molecule has 1 saturated heterocycles. The predicted octanol–water partition coefficient (Wildman–Crippen LogP) is 4.93. The molecule has 0 radical (unpaired) electrons. The summed E-state index contributed by atoms with van der Waals surface area (Å²) in [5.41, 5.74) is 0.915. The molecule has 0 spiro atoms. The Morgan fingerprint density at radius 2 is 1.89 bits per heavy atom. The van der Waals surface area contributed by atoms with E-state index in [-0.39, 0.29) is 11.5 Å². The zero-order valence-electron chi connectivity index (χ0n) is 16.9. The van der Waals surface area contributed by atoms with Gasteiger partial charge < -0.3 is 10.2 Å². The normalized spacial score (nSPS) is 22.1. The second-order valence-electron chi connectivity index (χ2n) is 7.45. The average molecular weight is 396 g/mol. The van der Waals surface area contributed by atoms with Crippen LogP contribution in [0.3, 0.4) is 0 Å². The van der Waals surface area contributed by atoms with Gasteiger partial charge >= 0.3 is 0 Å². The molecule has 1 heterocycles. The van der Waals surface area contributed by atoms with Crippen LogP contribution >= 0.6 is 11.9 Å². The van der Waals surface area contributed by atoms with Crippen molar-refractivity contribution in [1.29, 1.82) is 0 Å². The van der Waals surface area contributed by atoms with E-state index in [0.29, 0.717) is 0 Å². The number of carbonyl (C=O) groups excluding carboxylic acids is 1. The maximum absolute atomic E-state index is 13.5. The lowest BCUT2D eigenvalue weighted by atomic mass is 9.88. The third-order valence-electron chi connectivity index (χ3n) is 5.29. The molecule has 2 aliphatic rings. The molecular formula is C21H34FN3OS. The van der Waals surface area contributed by atoms with Crippen molar-refractivity contribution in [1.82, 2.24) is 9.62 Å². The molecule has 1 aromatic rings. The molecule has 0 atom stereocenters. The summed E-state index contributed by atoms with van der Waals surface area (Å²) in [7, 11) is 1.75. The van der Waals surface area contributed by atoms with Crippen LogP contribution in [-0.4, -0.2) is 42.7 Å². The monoisotopic (exact) mass is 395 g/mol. The van der Waals surface area contributed by atoms with Crippen molar-refractivity contribution < 1.29 is 9.18 Å². The van der Waals surface area contributed by atoms with Crippen LogP contribution in [0.1, 0.15) is 62.7 Å². The Labute approximate surface area is 167 Å². The highest BCUT2D eigenvalue weighted by Gasteiger charge is 2.22. The van der Waals surface area contributed by atoms with Crippen LogP contribution in [0.4, 0.5) is 10.1 Å². The maximum atomic E-state index is 13.5. The Kier molecular flexibility index (Phi) is 9.42. The molecule has 6 heteroatoms. The van der Waals surface area contributed by atoms with Crippen LogP contribution in [0.15, 0.2) is 18.2 Å². The fourth-order valence-electron chi connectivity index (χ4n) is 3.51. The summed E-state index contributed by atoms with van der Waals surface area (Å²) in [6, 6.07) is 5.32. The summed E-state index contributed by atoms with van der Waals surface area (Å²) in [5.74, 6) is 1.51. The Hall–Kier alpha value is -1.27. The second-order valence-corrected chi connectivity index (χ2v) is 8.55. The number of rotatable bonds is 5. The van der Waals surface area contributed by atoms with E-state index in [2.05, 4.69) is 23.9 Å². The van der Waals surface area contributed by atoms with Crippen LogP contribution in [0.25, 0.3) is 0 Å². The van der Waals surface area contributed by atoms with E-state index >= 15 is 0 Å². The molecule has 2 N–H and O–H groups in total. The van der Waals surface area contributed by atoms with Crippen LogP contribution in [0.5, 0.6) is 0 Å². The van der Waals surface area contributed by atoms with E-state index in [9.17, 15) is 9.18 Å². The third kappa shape index (κ3) is 7.00. The predicted molar refractivity (Wildman–Crippen MR) is 114 cm³/mol. The van der Waals surface area contributed by atoms with Crippen LogP contribution in [0, 0.1) is 11.7 Å². The van der Waals surface area contributed by atoms with Gasteiger partial charge in [-0.1, -0.05) is 25.8 Å². The third-order valence-corrected chi connectivity index (χ3v) is 6.08. The lowest BCUT2D eigenvalue weighted by molar-refractivity contribution is 0.0788.